The molecule has 0 saturated heterocycles. The predicted octanol–water partition coefficient (Wildman–Crippen LogP) is 21.6. The fraction of sp³-hybridized carbons (Fsp3) is 0.300. The van der Waals surface area contributed by atoms with Gasteiger partial charge in [0.2, 0.25) is 0 Å². The molecular formula is C80H90N8. The lowest BCUT2D eigenvalue weighted by Crippen LogP contribution is -2.29. The fourth-order valence-corrected chi connectivity index (χ4v) is 13.1. The largest absolute Gasteiger partial charge is 0.260 e. The quantitative estimate of drug-likeness (QED) is 0.0903. The zero-order chi connectivity index (χ0) is 62.2. The van der Waals surface area contributed by atoms with Gasteiger partial charge in [0.1, 0.15) is 0 Å². The zero-order valence-corrected chi connectivity index (χ0v) is 55.0. The fourth-order valence-electron chi connectivity index (χ4n) is 13.1. The minimum Gasteiger partial charge on any atom is -0.260 e. The lowest BCUT2D eigenvalue weighted by Gasteiger charge is -2.36. The van der Waals surface area contributed by atoms with Crippen LogP contribution in [0.5, 0.6) is 0 Å². The normalized spacial score (nSPS) is 12.5. The van der Waals surface area contributed by atoms with Crippen molar-refractivity contribution >= 4 is 77.8 Å². The molecule has 8 heteroatoms. The van der Waals surface area contributed by atoms with Crippen molar-refractivity contribution in [2.45, 2.75) is 158 Å². The van der Waals surface area contributed by atoms with E-state index >= 15 is 0 Å². The van der Waals surface area contributed by atoms with Gasteiger partial charge in [-0.15, -0.1) is 0 Å². The minimum absolute atomic E-state index is 0.0279. The summed E-state index contributed by atoms with van der Waals surface area (Å²) < 4.78 is 9.54. The van der Waals surface area contributed by atoms with E-state index < -0.39 is 0 Å². The standard InChI is InChI=1S/C80H90N8/c1-17-59-25-21-49-81(59)85(63-37-29-55(30-38-63)77(5,6)7)71-53-72(86(82-50-22-26-60(82)18-2)64-39-31-56(32-40-64)78(8,9)10)68-47-48-70-74(88(84-52-24-28-62(84)20-4)66-43-35-58(36-44-66)80(14,15)16)54-73(69-46-45-67(71)75(68)76(69)70)87(83-51-23-27-61(83)19-3)65-41-33-57(34-42-65)79(11,12)13/h21-54H,17-20H2,1-16H3. The van der Waals surface area contributed by atoms with Gasteiger partial charge in [-0.25, -0.2) is 20.0 Å². The van der Waals surface area contributed by atoms with Crippen LogP contribution < -0.4 is 20.0 Å². The van der Waals surface area contributed by atoms with Gasteiger partial charge in [0.15, 0.2) is 0 Å². The summed E-state index contributed by atoms with van der Waals surface area (Å²) >= 11 is 0. The summed E-state index contributed by atoms with van der Waals surface area (Å²) in [7, 11) is 0. The first-order valence-corrected chi connectivity index (χ1v) is 32.1. The second-order valence-corrected chi connectivity index (χ2v) is 28.1. The molecule has 0 aliphatic carbocycles. The molecular weight excluding hydrogens is 1070 g/mol. The van der Waals surface area contributed by atoms with Crippen LogP contribution in [0.2, 0.25) is 0 Å². The summed E-state index contributed by atoms with van der Waals surface area (Å²) in [6, 6.07) is 69.8. The van der Waals surface area contributed by atoms with Crippen molar-refractivity contribution < 1.29 is 0 Å². The Morgan fingerprint density at radius 3 is 0.625 bits per heavy atom. The average Bonchev–Trinajstić information content (AvgIpc) is 0.900. The summed E-state index contributed by atoms with van der Waals surface area (Å²) in [5.74, 6) is 0. The highest BCUT2D eigenvalue weighted by atomic mass is 15.6. The van der Waals surface area contributed by atoms with Crippen molar-refractivity contribution in [1.82, 2.24) is 18.7 Å². The number of aromatic nitrogens is 4. The molecule has 4 heterocycles. The van der Waals surface area contributed by atoms with Crippen molar-refractivity contribution in [2.75, 3.05) is 20.0 Å². The number of nitrogens with zero attached hydrogens (tertiary/aromatic N) is 8. The van der Waals surface area contributed by atoms with E-state index in [2.05, 4.69) is 356 Å². The molecule has 8 nitrogen and oxygen atoms in total. The Morgan fingerprint density at radius 2 is 0.455 bits per heavy atom. The molecule has 0 aliphatic heterocycles. The Hall–Kier alpha value is -8.88. The van der Waals surface area contributed by atoms with E-state index in [-0.39, 0.29) is 21.7 Å². The molecule has 88 heavy (non-hydrogen) atoms. The molecule has 4 aromatic heterocycles. The number of aryl methyl sites for hydroxylation is 4. The first kappa shape index (κ1) is 59.5. The smallest absolute Gasteiger partial charge is 0.0737 e. The van der Waals surface area contributed by atoms with Gasteiger partial charge in [-0.2, -0.15) is 0 Å². The van der Waals surface area contributed by atoms with Gasteiger partial charge in [0.25, 0.3) is 0 Å². The molecule has 0 bridgehead atoms. The first-order chi connectivity index (χ1) is 42.0. The van der Waals surface area contributed by atoms with Gasteiger partial charge in [-0.3, -0.25) is 18.7 Å². The van der Waals surface area contributed by atoms with Gasteiger partial charge in [-0.05, 0) is 179 Å². The zero-order valence-electron chi connectivity index (χ0n) is 55.0. The molecule has 450 valence electrons. The minimum atomic E-state index is -0.0279. The Balaban J connectivity index is 1.29. The number of benzene rings is 8. The third-order valence-electron chi connectivity index (χ3n) is 18.2. The van der Waals surface area contributed by atoms with Crippen LogP contribution in [0.25, 0.3) is 32.3 Å². The van der Waals surface area contributed by atoms with Gasteiger partial charge >= 0.3 is 0 Å². The highest BCUT2D eigenvalue weighted by Crippen LogP contribution is 2.53. The Kier molecular flexibility index (Phi) is 15.3. The van der Waals surface area contributed by atoms with E-state index in [1.54, 1.807) is 0 Å². The van der Waals surface area contributed by atoms with E-state index in [9.17, 15) is 0 Å². The Labute approximate surface area is 523 Å². The van der Waals surface area contributed by atoms with Crippen LogP contribution >= 0.6 is 0 Å². The second kappa shape index (κ2) is 22.7. The maximum absolute atomic E-state index is 2.48. The topological polar surface area (TPSA) is 32.7 Å². The molecule has 0 atom stereocenters. The highest BCUT2D eigenvalue weighted by Gasteiger charge is 2.31. The molecule has 0 N–H and O–H groups in total. The summed E-state index contributed by atoms with van der Waals surface area (Å²) in [5, 5.41) is 16.9. The molecule has 0 saturated carbocycles. The van der Waals surface area contributed by atoms with Crippen LogP contribution in [-0.4, -0.2) is 18.7 Å². The van der Waals surface area contributed by atoms with Crippen molar-refractivity contribution in [3.63, 3.8) is 0 Å². The summed E-state index contributed by atoms with van der Waals surface area (Å²) in [4.78, 5) is 0. The number of hydrogen-bond donors (Lipinski definition) is 0. The van der Waals surface area contributed by atoms with Crippen molar-refractivity contribution in [2.24, 2.45) is 0 Å². The van der Waals surface area contributed by atoms with Crippen LogP contribution in [0.1, 0.15) is 156 Å². The van der Waals surface area contributed by atoms with Crippen molar-refractivity contribution in [3.05, 3.63) is 252 Å². The van der Waals surface area contributed by atoms with Crippen LogP contribution in [0.3, 0.4) is 0 Å². The molecule has 0 unspecified atom stereocenters. The van der Waals surface area contributed by atoms with E-state index in [0.29, 0.717) is 0 Å². The molecule has 12 aromatic rings. The third kappa shape index (κ3) is 10.6. The monoisotopic (exact) mass is 1160 g/mol. The maximum Gasteiger partial charge on any atom is 0.0737 e. The molecule has 0 amide bonds. The maximum atomic E-state index is 2.48. The van der Waals surface area contributed by atoms with Gasteiger partial charge in [-0.1, -0.05) is 184 Å². The number of anilines is 8. The van der Waals surface area contributed by atoms with Gasteiger partial charge in [0.05, 0.1) is 45.5 Å². The van der Waals surface area contributed by atoms with Crippen molar-refractivity contribution in [1.29, 1.82) is 0 Å². The molecule has 0 fully saturated rings. The summed E-state index contributed by atoms with van der Waals surface area (Å²) in [6.07, 6.45) is 12.4. The number of hydrogen-bond acceptors (Lipinski definition) is 4. The molecule has 0 radical (unpaired) electrons. The van der Waals surface area contributed by atoms with Gasteiger partial charge in [0, 0.05) is 79.9 Å². The number of rotatable bonds is 16. The first-order valence-electron chi connectivity index (χ1n) is 32.1. The van der Waals surface area contributed by atoms with E-state index in [4.69, 9.17) is 0 Å². The Bertz CT molecular complexity index is 3840. The molecule has 12 rings (SSSR count). The van der Waals surface area contributed by atoms with Crippen LogP contribution in [0, 0.1) is 0 Å². The van der Waals surface area contributed by atoms with E-state index in [1.165, 1.54) is 55.8 Å². The Morgan fingerprint density at radius 1 is 0.261 bits per heavy atom. The molecule has 0 aliphatic rings. The third-order valence-corrected chi connectivity index (χ3v) is 18.2. The van der Waals surface area contributed by atoms with Crippen LogP contribution in [-0.2, 0) is 47.3 Å². The van der Waals surface area contributed by atoms with Crippen molar-refractivity contribution in [3.8, 4) is 0 Å². The van der Waals surface area contributed by atoms with E-state index in [0.717, 1.165) is 92.7 Å². The summed E-state index contributed by atoms with van der Waals surface area (Å²) in [5.41, 5.74) is 18.5. The molecule has 0 spiro atoms. The average molecular weight is 1160 g/mol. The second-order valence-electron chi connectivity index (χ2n) is 28.1. The van der Waals surface area contributed by atoms with Gasteiger partial charge < -0.3 is 0 Å². The predicted molar refractivity (Wildman–Crippen MR) is 376 cm³/mol. The SMILES string of the molecule is CCc1cccn1N(c1ccc(C(C)(C)C)cc1)c1cc(N(c2ccc(C(C)(C)C)cc2)n2cccc2CC)c2ccc3c(N(c4ccc(C(C)(C)C)cc4)n4cccc4CC)cc(N(c4ccc(C(C)(C)C)cc4)n4cccc4CC)c4ccc1c2c43. The van der Waals surface area contributed by atoms with E-state index in [1.807, 2.05) is 0 Å². The summed E-state index contributed by atoms with van der Waals surface area (Å²) in [6.45, 7) is 36.7. The lowest BCUT2D eigenvalue weighted by atomic mass is 9.87. The van der Waals surface area contributed by atoms with Crippen LogP contribution in [0.15, 0.2) is 207 Å². The van der Waals surface area contributed by atoms with Crippen LogP contribution in [0.4, 0.5) is 45.5 Å². The lowest BCUT2D eigenvalue weighted by molar-refractivity contribution is 0.590. The highest BCUT2D eigenvalue weighted by molar-refractivity contribution is 6.32. The molecule has 8 aromatic carbocycles.